The molecule has 8 heteroatoms. The lowest BCUT2D eigenvalue weighted by atomic mass is 10.1. The van der Waals surface area contributed by atoms with E-state index in [2.05, 4.69) is 14.9 Å². The van der Waals surface area contributed by atoms with Gasteiger partial charge < -0.3 is 10.5 Å². The number of H-pyrrole nitrogens is 1. The van der Waals surface area contributed by atoms with Gasteiger partial charge in [0.1, 0.15) is 10.7 Å². The van der Waals surface area contributed by atoms with E-state index in [1.54, 1.807) is 19.2 Å². The van der Waals surface area contributed by atoms with Crippen LogP contribution < -0.4 is 10.5 Å². The zero-order valence-electron chi connectivity index (χ0n) is 11.0. The summed E-state index contributed by atoms with van der Waals surface area (Å²) in [6, 6.07) is 7.14. The zero-order chi connectivity index (χ0) is 14.6. The molecule has 108 valence electrons. The molecule has 20 heavy (non-hydrogen) atoms. The van der Waals surface area contributed by atoms with Crippen LogP contribution in [0.25, 0.3) is 0 Å². The Hall–Kier alpha value is -2.06. The lowest BCUT2D eigenvalue weighted by Crippen LogP contribution is -2.15. The van der Waals surface area contributed by atoms with Crippen molar-refractivity contribution >= 4 is 21.5 Å². The summed E-state index contributed by atoms with van der Waals surface area (Å²) in [5.41, 5.74) is 6.89. The summed E-state index contributed by atoms with van der Waals surface area (Å²) >= 11 is 0. The lowest BCUT2D eigenvalue weighted by molar-refractivity contribution is 0.202. The fourth-order valence-electron chi connectivity index (χ4n) is 1.75. The molecule has 0 spiro atoms. The van der Waals surface area contributed by atoms with Crippen molar-refractivity contribution in [3.8, 4) is 0 Å². The number of anilines is 2. The number of nitrogens with one attached hydrogen (secondary N) is 2. The van der Waals surface area contributed by atoms with Crippen molar-refractivity contribution in [2.45, 2.75) is 11.3 Å². The van der Waals surface area contributed by atoms with E-state index in [4.69, 9.17) is 10.5 Å². The number of hydrogen-bond donors (Lipinski definition) is 3. The van der Waals surface area contributed by atoms with Crippen molar-refractivity contribution in [3.05, 3.63) is 36.0 Å². The number of aromatic nitrogens is 2. The maximum Gasteiger partial charge on any atom is 0.267 e. The molecule has 0 aliphatic heterocycles. The van der Waals surface area contributed by atoms with Crippen LogP contribution in [0.1, 0.15) is 5.56 Å². The number of nitrogen functional groups attached to an aromatic ring is 1. The number of rotatable bonds is 6. The highest BCUT2D eigenvalue weighted by Gasteiger charge is 2.20. The van der Waals surface area contributed by atoms with E-state index in [0.29, 0.717) is 18.7 Å². The van der Waals surface area contributed by atoms with Crippen molar-refractivity contribution in [1.82, 2.24) is 10.2 Å². The maximum absolute atomic E-state index is 12.2. The molecule has 2 aromatic rings. The number of nitrogens with zero attached hydrogens (tertiary/aromatic N) is 1. The molecule has 0 bridgehead atoms. The van der Waals surface area contributed by atoms with Crippen molar-refractivity contribution in [3.63, 3.8) is 0 Å². The van der Waals surface area contributed by atoms with Crippen molar-refractivity contribution in [2.75, 3.05) is 24.2 Å². The maximum atomic E-state index is 12.2. The van der Waals surface area contributed by atoms with E-state index in [1.807, 2.05) is 12.1 Å². The number of sulfonamides is 1. The minimum atomic E-state index is -3.76. The summed E-state index contributed by atoms with van der Waals surface area (Å²) in [6.45, 7) is 0.507. The molecule has 0 aliphatic carbocycles. The largest absolute Gasteiger partial charge is 0.384 e. The summed E-state index contributed by atoms with van der Waals surface area (Å²) in [5.74, 6) is 0.00636. The Morgan fingerprint density at radius 1 is 1.40 bits per heavy atom. The molecule has 0 unspecified atom stereocenters. The summed E-state index contributed by atoms with van der Waals surface area (Å²) < 4.78 is 32.0. The molecule has 0 saturated carbocycles. The Bertz CT molecular complexity index is 682. The van der Waals surface area contributed by atoms with Gasteiger partial charge >= 0.3 is 0 Å². The number of benzene rings is 1. The van der Waals surface area contributed by atoms with Crippen molar-refractivity contribution in [2.24, 2.45) is 0 Å². The van der Waals surface area contributed by atoms with Crippen LogP contribution in [-0.2, 0) is 21.2 Å². The van der Waals surface area contributed by atoms with Crippen LogP contribution in [0.4, 0.5) is 11.5 Å². The summed E-state index contributed by atoms with van der Waals surface area (Å²) in [6.07, 6.45) is 1.78. The second-order valence-electron chi connectivity index (χ2n) is 4.15. The van der Waals surface area contributed by atoms with Gasteiger partial charge in [-0.2, -0.15) is 5.10 Å². The molecule has 1 heterocycles. The highest BCUT2D eigenvalue weighted by molar-refractivity contribution is 7.92. The molecule has 0 fully saturated rings. The van der Waals surface area contributed by atoms with E-state index >= 15 is 0 Å². The predicted octanol–water partition coefficient (Wildman–Crippen LogP) is 0.982. The average Bonchev–Trinajstić information content (AvgIpc) is 2.84. The first-order chi connectivity index (χ1) is 9.54. The number of hydrogen-bond acceptors (Lipinski definition) is 5. The van der Waals surface area contributed by atoms with Crippen LogP contribution in [0, 0.1) is 0 Å². The van der Waals surface area contributed by atoms with Crippen LogP contribution >= 0.6 is 0 Å². The highest BCUT2D eigenvalue weighted by Crippen LogP contribution is 2.22. The molecule has 0 saturated heterocycles. The summed E-state index contributed by atoms with van der Waals surface area (Å²) in [5, 5.41) is 6.01. The molecule has 0 radical (unpaired) electrons. The fourth-order valence-corrected chi connectivity index (χ4v) is 2.87. The van der Waals surface area contributed by atoms with Crippen molar-refractivity contribution in [1.29, 1.82) is 0 Å². The number of aromatic amines is 1. The second kappa shape index (κ2) is 5.93. The number of para-hydroxylation sites is 1. The number of ether oxygens (including phenoxy) is 1. The third-order valence-corrected chi connectivity index (χ3v) is 4.15. The third kappa shape index (κ3) is 3.09. The van der Waals surface area contributed by atoms with Crippen LogP contribution in [0.3, 0.4) is 0 Å². The Morgan fingerprint density at radius 3 is 2.80 bits per heavy atom. The molecule has 1 aromatic heterocycles. The van der Waals surface area contributed by atoms with Gasteiger partial charge in [-0.1, -0.05) is 18.2 Å². The van der Waals surface area contributed by atoms with E-state index in [0.717, 1.165) is 5.56 Å². The quantitative estimate of drug-likeness (QED) is 0.736. The molecule has 2 rings (SSSR count). The van der Waals surface area contributed by atoms with Crippen LogP contribution in [0.5, 0.6) is 0 Å². The van der Waals surface area contributed by atoms with Gasteiger partial charge in [0.15, 0.2) is 0 Å². The topological polar surface area (TPSA) is 110 Å². The summed E-state index contributed by atoms with van der Waals surface area (Å²) in [4.78, 5) is -0.0703. The van der Waals surface area contributed by atoms with Gasteiger partial charge in [0, 0.05) is 7.11 Å². The van der Waals surface area contributed by atoms with Gasteiger partial charge in [0.25, 0.3) is 10.0 Å². The Kier molecular flexibility index (Phi) is 4.26. The highest BCUT2D eigenvalue weighted by atomic mass is 32.2. The molecule has 0 amide bonds. The summed E-state index contributed by atoms with van der Waals surface area (Å²) in [7, 11) is -2.16. The molecular formula is C12H16N4O3S. The third-order valence-electron chi connectivity index (χ3n) is 2.76. The van der Waals surface area contributed by atoms with Gasteiger partial charge in [0.2, 0.25) is 0 Å². The van der Waals surface area contributed by atoms with Crippen LogP contribution in [-0.4, -0.2) is 32.3 Å². The SMILES string of the molecule is COCCc1ccccc1NS(=O)(=O)c1cn[nH]c1N. The lowest BCUT2D eigenvalue weighted by Gasteiger charge is -2.11. The molecule has 0 atom stereocenters. The first kappa shape index (κ1) is 14.4. The van der Waals surface area contributed by atoms with Gasteiger partial charge in [-0.15, -0.1) is 0 Å². The van der Waals surface area contributed by atoms with E-state index in [1.165, 1.54) is 6.20 Å². The van der Waals surface area contributed by atoms with Crippen LogP contribution in [0.15, 0.2) is 35.4 Å². The minimum absolute atomic E-state index is 0.00636. The van der Waals surface area contributed by atoms with Crippen LogP contribution in [0.2, 0.25) is 0 Å². The van der Waals surface area contributed by atoms with E-state index < -0.39 is 10.0 Å². The fraction of sp³-hybridized carbons (Fsp3) is 0.250. The second-order valence-corrected chi connectivity index (χ2v) is 5.80. The average molecular weight is 296 g/mol. The Morgan fingerprint density at radius 2 is 2.15 bits per heavy atom. The monoisotopic (exact) mass is 296 g/mol. The Balaban J connectivity index is 2.28. The van der Waals surface area contributed by atoms with E-state index in [9.17, 15) is 8.42 Å². The van der Waals surface area contributed by atoms with E-state index in [-0.39, 0.29) is 10.7 Å². The van der Waals surface area contributed by atoms with Gasteiger partial charge in [-0.25, -0.2) is 8.42 Å². The zero-order valence-corrected chi connectivity index (χ0v) is 11.8. The first-order valence-corrected chi connectivity index (χ1v) is 7.41. The van der Waals surface area contributed by atoms with Gasteiger partial charge in [0.05, 0.1) is 18.5 Å². The molecule has 1 aromatic carbocycles. The smallest absolute Gasteiger partial charge is 0.267 e. The van der Waals surface area contributed by atoms with Gasteiger partial charge in [-0.3, -0.25) is 9.82 Å². The molecule has 4 N–H and O–H groups in total. The van der Waals surface area contributed by atoms with Gasteiger partial charge in [-0.05, 0) is 18.1 Å². The predicted molar refractivity (Wildman–Crippen MR) is 75.8 cm³/mol. The minimum Gasteiger partial charge on any atom is -0.384 e. The normalized spacial score (nSPS) is 11.4. The number of methoxy groups -OCH3 is 1. The number of nitrogens with two attached hydrogens (primary N) is 1. The standard InChI is InChI=1S/C12H16N4O3S/c1-19-7-6-9-4-2-3-5-10(9)16-20(17,18)11-8-14-15-12(11)13/h2-5,8,16H,6-7H2,1H3,(H3,13,14,15). The molecular weight excluding hydrogens is 280 g/mol. The molecule has 7 nitrogen and oxygen atoms in total. The Labute approximate surface area is 117 Å². The first-order valence-electron chi connectivity index (χ1n) is 5.93. The van der Waals surface area contributed by atoms with Crippen molar-refractivity contribution < 1.29 is 13.2 Å². The molecule has 0 aliphatic rings.